The van der Waals surface area contributed by atoms with Crippen LogP contribution in [0.3, 0.4) is 0 Å². The molecule has 1 heterocycles. The minimum absolute atomic E-state index is 0.255. The van der Waals surface area contributed by atoms with Crippen LogP contribution in [0.4, 0.5) is 5.69 Å². The molecule has 0 aromatic heterocycles. The van der Waals surface area contributed by atoms with Gasteiger partial charge < -0.3 is 10.1 Å². The Hall–Kier alpha value is -3.48. The maximum absolute atomic E-state index is 12.2. The van der Waals surface area contributed by atoms with Crippen molar-refractivity contribution in [2.24, 2.45) is 0 Å². The molecule has 1 aliphatic heterocycles. The molecule has 7 nitrogen and oxygen atoms in total. The molecule has 1 N–H and O–H groups in total. The van der Waals surface area contributed by atoms with Gasteiger partial charge in [-0.15, -0.1) is 0 Å². The number of esters is 1. The van der Waals surface area contributed by atoms with Gasteiger partial charge in [-0.25, -0.2) is 0 Å². The second kappa shape index (κ2) is 9.14. The molecule has 3 rings (SSSR count). The molecule has 0 atom stereocenters. The second-order valence-corrected chi connectivity index (χ2v) is 6.75. The summed E-state index contributed by atoms with van der Waals surface area (Å²) >= 11 is 0. The van der Waals surface area contributed by atoms with Gasteiger partial charge in [0.2, 0.25) is 0 Å². The maximum Gasteiger partial charge on any atom is 0.326 e. The molecular weight excluding hydrogens is 372 g/mol. The highest BCUT2D eigenvalue weighted by Crippen LogP contribution is 2.22. The topological polar surface area (TPSA) is 92.8 Å². The van der Waals surface area contributed by atoms with Gasteiger partial charge >= 0.3 is 5.97 Å². The number of nitrogens with zero attached hydrogens (tertiary/aromatic N) is 1. The van der Waals surface area contributed by atoms with E-state index in [2.05, 4.69) is 12.2 Å². The molecule has 0 bridgehead atoms. The van der Waals surface area contributed by atoms with E-state index in [0.29, 0.717) is 5.69 Å². The third-order valence-electron chi connectivity index (χ3n) is 4.59. The van der Waals surface area contributed by atoms with Crippen molar-refractivity contribution in [3.8, 4) is 0 Å². The number of carbonyl (C=O) groups is 4. The van der Waals surface area contributed by atoms with Crippen molar-refractivity contribution in [3.05, 3.63) is 65.2 Å². The number of hydrogen-bond donors (Lipinski definition) is 1. The normalized spacial score (nSPS) is 12.7. The van der Waals surface area contributed by atoms with Crippen molar-refractivity contribution in [2.75, 3.05) is 18.5 Å². The van der Waals surface area contributed by atoms with Gasteiger partial charge in [0.15, 0.2) is 6.61 Å². The number of anilines is 1. The smallest absolute Gasteiger partial charge is 0.326 e. The van der Waals surface area contributed by atoms with Gasteiger partial charge in [-0.1, -0.05) is 37.6 Å². The third kappa shape index (κ3) is 4.87. The van der Waals surface area contributed by atoms with Crippen molar-refractivity contribution in [3.63, 3.8) is 0 Å². The lowest BCUT2D eigenvalue weighted by Gasteiger charge is -2.13. The van der Waals surface area contributed by atoms with E-state index in [0.717, 1.165) is 24.2 Å². The molecule has 0 radical (unpaired) electrons. The molecular formula is C22H22N2O5. The first kappa shape index (κ1) is 20.3. The summed E-state index contributed by atoms with van der Waals surface area (Å²) in [5, 5.41) is 2.64. The lowest BCUT2D eigenvalue weighted by Crippen LogP contribution is -2.36. The number of rotatable bonds is 8. The van der Waals surface area contributed by atoms with Crippen LogP contribution in [0.1, 0.15) is 46.0 Å². The number of aryl methyl sites for hydroxylation is 1. The highest BCUT2D eigenvalue weighted by atomic mass is 16.5. The summed E-state index contributed by atoms with van der Waals surface area (Å²) in [6.45, 7) is 1.09. The summed E-state index contributed by atoms with van der Waals surface area (Å²) in [6, 6.07) is 13.8. The number of amides is 3. The zero-order chi connectivity index (χ0) is 20.8. The minimum Gasteiger partial charge on any atom is -0.454 e. The van der Waals surface area contributed by atoms with E-state index in [1.807, 2.05) is 12.1 Å². The summed E-state index contributed by atoms with van der Waals surface area (Å²) in [5.41, 5.74) is 2.31. The zero-order valence-electron chi connectivity index (χ0n) is 16.1. The highest BCUT2D eigenvalue weighted by Gasteiger charge is 2.36. The van der Waals surface area contributed by atoms with E-state index in [4.69, 9.17) is 4.74 Å². The molecule has 3 amide bonds. The summed E-state index contributed by atoms with van der Waals surface area (Å²) in [7, 11) is 0. The SMILES string of the molecule is CCCCc1ccc(NC(=O)COC(=O)CN2C(=O)c3ccccc3C2=O)cc1. The molecule has 2 aromatic rings. The third-order valence-corrected chi connectivity index (χ3v) is 4.59. The van der Waals surface area contributed by atoms with Crippen LogP contribution < -0.4 is 5.32 Å². The van der Waals surface area contributed by atoms with Gasteiger partial charge in [0.05, 0.1) is 11.1 Å². The van der Waals surface area contributed by atoms with Crippen LogP contribution in [-0.2, 0) is 20.7 Å². The Morgan fingerprint density at radius 2 is 1.59 bits per heavy atom. The molecule has 0 unspecified atom stereocenters. The van der Waals surface area contributed by atoms with Crippen molar-refractivity contribution < 1.29 is 23.9 Å². The van der Waals surface area contributed by atoms with Crippen LogP contribution in [0.15, 0.2) is 48.5 Å². The Bertz CT molecular complexity index is 901. The number of nitrogens with one attached hydrogen (secondary N) is 1. The van der Waals surface area contributed by atoms with Crippen LogP contribution in [0.25, 0.3) is 0 Å². The summed E-state index contributed by atoms with van der Waals surface area (Å²) in [4.78, 5) is 49.3. The Labute approximate surface area is 168 Å². The fraction of sp³-hybridized carbons (Fsp3) is 0.273. The largest absolute Gasteiger partial charge is 0.454 e. The quantitative estimate of drug-likeness (QED) is 0.549. The van der Waals surface area contributed by atoms with E-state index < -0.39 is 36.8 Å². The molecule has 29 heavy (non-hydrogen) atoms. The average molecular weight is 394 g/mol. The predicted octanol–water partition coefficient (Wildman–Crippen LogP) is 2.81. The predicted molar refractivity (Wildman–Crippen MR) is 106 cm³/mol. The van der Waals surface area contributed by atoms with E-state index in [9.17, 15) is 19.2 Å². The first-order valence-electron chi connectivity index (χ1n) is 9.49. The van der Waals surface area contributed by atoms with Crippen molar-refractivity contribution >= 4 is 29.4 Å². The van der Waals surface area contributed by atoms with Gasteiger partial charge in [0.25, 0.3) is 17.7 Å². The Morgan fingerprint density at radius 3 is 2.17 bits per heavy atom. The van der Waals surface area contributed by atoms with Crippen molar-refractivity contribution in [1.29, 1.82) is 0 Å². The molecule has 0 aliphatic carbocycles. The van der Waals surface area contributed by atoms with Gasteiger partial charge in [-0.3, -0.25) is 24.1 Å². The van der Waals surface area contributed by atoms with E-state index >= 15 is 0 Å². The van der Waals surface area contributed by atoms with Gasteiger partial charge in [0.1, 0.15) is 6.54 Å². The number of unbranched alkanes of at least 4 members (excludes halogenated alkanes) is 1. The first-order valence-corrected chi connectivity index (χ1v) is 9.49. The monoisotopic (exact) mass is 394 g/mol. The zero-order valence-corrected chi connectivity index (χ0v) is 16.1. The van der Waals surface area contributed by atoms with Crippen molar-refractivity contribution in [2.45, 2.75) is 26.2 Å². The van der Waals surface area contributed by atoms with Crippen molar-refractivity contribution in [1.82, 2.24) is 4.90 Å². The summed E-state index contributed by atoms with van der Waals surface area (Å²) in [6.07, 6.45) is 3.21. The summed E-state index contributed by atoms with van der Waals surface area (Å²) in [5.74, 6) is -2.42. The van der Waals surface area contributed by atoms with E-state index in [-0.39, 0.29) is 11.1 Å². The lowest BCUT2D eigenvalue weighted by molar-refractivity contribution is -0.147. The molecule has 150 valence electrons. The molecule has 7 heteroatoms. The molecule has 0 fully saturated rings. The fourth-order valence-corrected chi connectivity index (χ4v) is 3.04. The summed E-state index contributed by atoms with van der Waals surface area (Å²) < 4.78 is 4.91. The molecule has 0 saturated heterocycles. The van der Waals surface area contributed by atoms with Crippen LogP contribution in [0.5, 0.6) is 0 Å². The van der Waals surface area contributed by atoms with Crippen LogP contribution in [-0.4, -0.2) is 41.7 Å². The van der Waals surface area contributed by atoms with Crippen LogP contribution in [0, 0.1) is 0 Å². The molecule has 2 aromatic carbocycles. The molecule has 0 spiro atoms. The Kier molecular flexibility index (Phi) is 6.39. The van der Waals surface area contributed by atoms with Crippen LogP contribution in [0.2, 0.25) is 0 Å². The Balaban J connectivity index is 1.47. The van der Waals surface area contributed by atoms with Crippen LogP contribution >= 0.6 is 0 Å². The molecule has 0 saturated carbocycles. The van der Waals surface area contributed by atoms with Gasteiger partial charge in [0, 0.05) is 5.69 Å². The van der Waals surface area contributed by atoms with Gasteiger partial charge in [-0.2, -0.15) is 0 Å². The minimum atomic E-state index is -0.829. The number of fused-ring (bicyclic) bond motifs is 1. The first-order chi connectivity index (χ1) is 14.0. The lowest BCUT2D eigenvalue weighted by atomic mass is 10.1. The molecule has 1 aliphatic rings. The van der Waals surface area contributed by atoms with E-state index in [1.54, 1.807) is 24.3 Å². The number of carbonyl (C=O) groups excluding carboxylic acids is 4. The Morgan fingerprint density at radius 1 is 0.966 bits per heavy atom. The highest BCUT2D eigenvalue weighted by molar-refractivity contribution is 6.22. The number of benzene rings is 2. The average Bonchev–Trinajstić information content (AvgIpc) is 2.97. The maximum atomic E-state index is 12.2. The standard InChI is InChI=1S/C22H22N2O5/c1-2-3-6-15-9-11-16(12-10-15)23-19(25)14-29-20(26)13-24-21(27)17-7-4-5-8-18(17)22(24)28/h4-5,7-12H,2-3,6,13-14H2,1H3,(H,23,25). The second-order valence-electron chi connectivity index (χ2n) is 6.75. The van der Waals surface area contributed by atoms with E-state index in [1.165, 1.54) is 17.7 Å². The number of ether oxygens (including phenoxy) is 1. The number of hydrogen-bond acceptors (Lipinski definition) is 5. The fourth-order valence-electron chi connectivity index (χ4n) is 3.04. The van der Waals surface area contributed by atoms with Gasteiger partial charge in [-0.05, 0) is 42.7 Å². The number of imide groups is 1.